The predicted molar refractivity (Wildman–Crippen MR) is 51.8 cm³/mol. The second-order valence-electron chi connectivity index (χ2n) is 2.77. The summed E-state index contributed by atoms with van der Waals surface area (Å²) in [7, 11) is 0. The van der Waals surface area contributed by atoms with Crippen LogP contribution < -0.4 is 5.73 Å². The van der Waals surface area contributed by atoms with Crippen LogP contribution in [0.15, 0.2) is 22.7 Å². The zero-order valence-corrected chi connectivity index (χ0v) is 8.44. The largest absolute Gasteiger partial charge is 0.322 e. The number of rotatable bonds is 2. The van der Waals surface area contributed by atoms with E-state index in [0.29, 0.717) is 0 Å². The predicted octanol–water partition coefficient (Wildman–Crippen LogP) is 2.73. The topological polar surface area (TPSA) is 26.0 Å². The lowest BCUT2D eigenvalue weighted by molar-refractivity contribution is 0.437. The second-order valence-corrected chi connectivity index (χ2v) is 3.62. The molecule has 66 valence electrons. The van der Waals surface area contributed by atoms with Crippen molar-refractivity contribution < 1.29 is 4.39 Å². The van der Waals surface area contributed by atoms with Gasteiger partial charge in [0.25, 0.3) is 0 Å². The van der Waals surface area contributed by atoms with Crippen LogP contribution in [0.25, 0.3) is 0 Å². The van der Waals surface area contributed by atoms with Gasteiger partial charge in [0.15, 0.2) is 0 Å². The summed E-state index contributed by atoms with van der Waals surface area (Å²) in [6, 6.07) is 5.13. The average Bonchev–Trinajstić information content (AvgIpc) is 2.08. The van der Waals surface area contributed by atoms with Crippen LogP contribution in [0.5, 0.6) is 0 Å². The van der Waals surface area contributed by atoms with Crippen LogP contribution in [0, 0.1) is 6.92 Å². The molecule has 3 heteroatoms. The van der Waals surface area contributed by atoms with Crippen LogP contribution in [0.3, 0.4) is 0 Å². The van der Waals surface area contributed by atoms with Gasteiger partial charge in [0.2, 0.25) is 0 Å². The SMILES string of the molecule is Cc1cc(C(N)CF)ccc1Br. The summed E-state index contributed by atoms with van der Waals surface area (Å²) in [4.78, 5) is 0. The molecule has 1 aromatic rings. The first-order valence-corrected chi connectivity index (χ1v) is 4.52. The van der Waals surface area contributed by atoms with Crippen LogP contribution in [-0.4, -0.2) is 6.67 Å². The second kappa shape index (κ2) is 4.01. The molecule has 12 heavy (non-hydrogen) atoms. The highest BCUT2D eigenvalue weighted by molar-refractivity contribution is 9.10. The molecule has 0 amide bonds. The van der Waals surface area contributed by atoms with Crippen molar-refractivity contribution in [3.63, 3.8) is 0 Å². The zero-order chi connectivity index (χ0) is 9.14. The first-order valence-electron chi connectivity index (χ1n) is 3.72. The molecule has 2 N–H and O–H groups in total. The van der Waals surface area contributed by atoms with Gasteiger partial charge in [-0.3, -0.25) is 0 Å². The van der Waals surface area contributed by atoms with Gasteiger partial charge in [-0.1, -0.05) is 28.1 Å². The number of hydrogen-bond acceptors (Lipinski definition) is 1. The Morgan fingerprint density at radius 2 is 2.25 bits per heavy atom. The Kier molecular flexibility index (Phi) is 3.23. The molecule has 0 heterocycles. The molecule has 0 fully saturated rings. The molecule has 1 unspecified atom stereocenters. The van der Waals surface area contributed by atoms with Crippen molar-refractivity contribution in [2.75, 3.05) is 6.67 Å². The van der Waals surface area contributed by atoms with E-state index in [1.165, 1.54) is 0 Å². The fraction of sp³-hybridized carbons (Fsp3) is 0.333. The highest BCUT2D eigenvalue weighted by atomic mass is 79.9. The van der Waals surface area contributed by atoms with Crippen LogP contribution in [-0.2, 0) is 0 Å². The lowest BCUT2D eigenvalue weighted by Gasteiger charge is -2.08. The third-order valence-electron chi connectivity index (χ3n) is 1.78. The number of benzene rings is 1. The van der Waals surface area contributed by atoms with E-state index in [4.69, 9.17) is 5.73 Å². The van der Waals surface area contributed by atoms with Gasteiger partial charge in [-0.15, -0.1) is 0 Å². The summed E-state index contributed by atoms with van der Waals surface area (Å²) in [5.74, 6) is 0. The minimum absolute atomic E-state index is 0.489. The van der Waals surface area contributed by atoms with Gasteiger partial charge in [0.1, 0.15) is 6.67 Å². The molecule has 0 spiro atoms. The third kappa shape index (κ3) is 2.05. The molecule has 0 radical (unpaired) electrons. The van der Waals surface area contributed by atoms with Crippen LogP contribution in [0.4, 0.5) is 4.39 Å². The summed E-state index contributed by atoms with van der Waals surface area (Å²) in [6.07, 6.45) is 0. The van der Waals surface area contributed by atoms with Crippen molar-refractivity contribution in [3.8, 4) is 0 Å². The third-order valence-corrected chi connectivity index (χ3v) is 2.67. The molecule has 0 aliphatic rings. The van der Waals surface area contributed by atoms with Crippen molar-refractivity contribution in [2.24, 2.45) is 5.73 Å². The van der Waals surface area contributed by atoms with Gasteiger partial charge >= 0.3 is 0 Å². The number of alkyl halides is 1. The van der Waals surface area contributed by atoms with E-state index < -0.39 is 12.7 Å². The Morgan fingerprint density at radius 1 is 1.58 bits per heavy atom. The van der Waals surface area contributed by atoms with E-state index in [9.17, 15) is 4.39 Å². The van der Waals surface area contributed by atoms with Crippen LogP contribution in [0.2, 0.25) is 0 Å². The lowest BCUT2D eigenvalue weighted by Crippen LogP contribution is -2.12. The highest BCUT2D eigenvalue weighted by Crippen LogP contribution is 2.20. The zero-order valence-electron chi connectivity index (χ0n) is 6.85. The summed E-state index contributed by atoms with van der Waals surface area (Å²) in [5, 5.41) is 0. The van der Waals surface area contributed by atoms with E-state index in [1.807, 2.05) is 25.1 Å². The summed E-state index contributed by atoms with van der Waals surface area (Å²) >= 11 is 3.37. The highest BCUT2D eigenvalue weighted by Gasteiger charge is 2.05. The molecule has 0 aliphatic carbocycles. The van der Waals surface area contributed by atoms with Crippen molar-refractivity contribution in [1.82, 2.24) is 0 Å². The van der Waals surface area contributed by atoms with Crippen molar-refractivity contribution in [2.45, 2.75) is 13.0 Å². The smallest absolute Gasteiger partial charge is 0.109 e. The standard InChI is InChI=1S/C9H11BrFN/c1-6-4-7(9(12)5-11)2-3-8(6)10/h2-4,9H,5,12H2,1H3. The molecule has 1 nitrogen and oxygen atoms in total. The molecule has 0 saturated heterocycles. The van der Waals surface area contributed by atoms with Crippen molar-refractivity contribution >= 4 is 15.9 Å². The number of halogens is 2. The molecule has 0 saturated carbocycles. The lowest BCUT2D eigenvalue weighted by atomic mass is 10.1. The van der Waals surface area contributed by atoms with Crippen molar-refractivity contribution in [1.29, 1.82) is 0 Å². The van der Waals surface area contributed by atoms with E-state index >= 15 is 0 Å². The minimum Gasteiger partial charge on any atom is -0.322 e. The number of aryl methyl sites for hydroxylation is 1. The maximum atomic E-state index is 12.2. The van der Waals surface area contributed by atoms with Crippen LogP contribution in [0.1, 0.15) is 17.2 Å². The van der Waals surface area contributed by atoms with Gasteiger partial charge in [0.05, 0.1) is 6.04 Å². The van der Waals surface area contributed by atoms with E-state index in [1.54, 1.807) is 0 Å². The molecule has 0 bridgehead atoms. The Hall–Kier alpha value is -0.410. The summed E-state index contributed by atoms with van der Waals surface area (Å²) in [6.45, 7) is 1.44. The Balaban J connectivity index is 2.96. The molecule has 1 aromatic carbocycles. The maximum Gasteiger partial charge on any atom is 0.109 e. The monoisotopic (exact) mass is 231 g/mol. The van der Waals surface area contributed by atoms with Gasteiger partial charge in [-0.05, 0) is 24.1 Å². The van der Waals surface area contributed by atoms with E-state index in [-0.39, 0.29) is 0 Å². The first kappa shape index (κ1) is 9.68. The quantitative estimate of drug-likeness (QED) is 0.833. The number of hydrogen-bond donors (Lipinski definition) is 1. The van der Waals surface area contributed by atoms with Gasteiger partial charge in [-0.25, -0.2) is 4.39 Å². The molecule has 0 aliphatic heterocycles. The average molecular weight is 232 g/mol. The molecular weight excluding hydrogens is 221 g/mol. The van der Waals surface area contributed by atoms with Gasteiger partial charge in [0, 0.05) is 4.47 Å². The van der Waals surface area contributed by atoms with Gasteiger partial charge in [-0.2, -0.15) is 0 Å². The maximum absolute atomic E-state index is 12.2. The normalized spacial score (nSPS) is 13.0. The molecular formula is C9H11BrFN. The van der Waals surface area contributed by atoms with Crippen LogP contribution >= 0.6 is 15.9 Å². The number of nitrogens with two attached hydrogens (primary N) is 1. The first-order chi connectivity index (χ1) is 5.65. The van der Waals surface area contributed by atoms with Crippen molar-refractivity contribution in [3.05, 3.63) is 33.8 Å². The molecule has 1 rings (SSSR count). The Bertz CT molecular complexity index is 275. The molecule has 1 atom stereocenters. The van der Waals surface area contributed by atoms with E-state index in [0.717, 1.165) is 15.6 Å². The molecule has 0 aromatic heterocycles. The fourth-order valence-corrected chi connectivity index (χ4v) is 1.23. The summed E-state index contributed by atoms with van der Waals surface area (Å²) < 4.78 is 13.2. The Labute approximate surface area is 79.9 Å². The van der Waals surface area contributed by atoms with Gasteiger partial charge < -0.3 is 5.73 Å². The van der Waals surface area contributed by atoms with E-state index in [2.05, 4.69) is 15.9 Å². The minimum atomic E-state index is -0.513. The Morgan fingerprint density at radius 3 is 2.75 bits per heavy atom. The fourth-order valence-electron chi connectivity index (χ4n) is 0.988. The summed E-state index contributed by atoms with van der Waals surface area (Å²) in [5.41, 5.74) is 7.45.